The lowest BCUT2D eigenvalue weighted by Gasteiger charge is -2.20. The van der Waals surface area contributed by atoms with Gasteiger partial charge in [0.15, 0.2) is 11.5 Å². The first kappa shape index (κ1) is 22.6. The number of aromatic nitrogens is 2. The summed E-state index contributed by atoms with van der Waals surface area (Å²) >= 11 is 0. The van der Waals surface area contributed by atoms with Crippen LogP contribution in [0.5, 0.6) is 11.5 Å². The second-order valence-corrected chi connectivity index (χ2v) is 6.89. The van der Waals surface area contributed by atoms with Crippen molar-refractivity contribution in [2.24, 2.45) is 0 Å². The van der Waals surface area contributed by atoms with Crippen LogP contribution >= 0.6 is 0 Å². The molecule has 1 aromatic heterocycles. The van der Waals surface area contributed by atoms with E-state index in [1.54, 1.807) is 30.3 Å². The molecule has 0 spiro atoms. The zero-order valence-electron chi connectivity index (χ0n) is 17.8. The van der Waals surface area contributed by atoms with E-state index in [9.17, 15) is 19.2 Å². The van der Waals surface area contributed by atoms with Crippen molar-refractivity contribution in [2.45, 2.75) is 19.0 Å². The Morgan fingerprint density at radius 3 is 2.34 bits per heavy atom. The third-order valence-electron chi connectivity index (χ3n) is 4.93. The summed E-state index contributed by atoms with van der Waals surface area (Å²) in [6, 6.07) is 10.5. The molecule has 0 saturated heterocycles. The highest BCUT2D eigenvalue weighted by molar-refractivity contribution is 5.81. The Bertz CT molecular complexity index is 1260. The first-order chi connectivity index (χ1) is 15.4. The molecule has 2 aromatic carbocycles. The number of benzene rings is 2. The Balaban J connectivity index is 1.89. The largest absolute Gasteiger partial charge is 0.493 e. The maximum Gasteiger partial charge on any atom is 0.307 e. The van der Waals surface area contributed by atoms with Crippen LogP contribution in [0.25, 0.3) is 10.8 Å². The monoisotopic (exact) mass is 441 g/mol. The van der Waals surface area contributed by atoms with Crippen molar-refractivity contribution in [1.29, 1.82) is 0 Å². The molecule has 10 heteroatoms. The van der Waals surface area contributed by atoms with Crippen LogP contribution in [0.1, 0.15) is 18.0 Å². The van der Waals surface area contributed by atoms with E-state index in [4.69, 9.17) is 14.2 Å². The molecule has 1 amide bonds. The van der Waals surface area contributed by atoms with E-state index in [1.807, 2.05) is 0 Å². The van der Waals surface area contributed by atoms with Gasteiger partial charge in [-0.05, 0) is 29.8 Å². The molecule has 10 nitrogen and oxygen atoms in total. The number of carbonyl (C=O) groups excluding carboxylic acids is 2. The molecule has 1 heterocycles. The molecule has 1 atom stereocenters. The Kier molecular flexibility index (Phi) is 6.93. The number of esters is 1. The van der Waals surface area contributed by atoms with Gasteiger partial charge in [-0.1, -0.05) is 18.2 Å². The van der Waals surface area contributed by atoms with Crippen LogP contribution in [0.4, 0.5) is 0 Å². The third-order valence-corrected chi connectivity index (χ3v) is 4.93. The van der Waals surface area contributed by atoms with E-state index in [1.165, 1.54) is 33.5 Å². The molecule has 2 N–H and O–H groups in total. The fraction of sp³-hybridized carbons (Fsp3) is 0.273. The van der Waals surface area contributed by atoms with E-state index >= 15 is 0 Å². The van der Waals surface area contributed by atoms with Gasteiger partial charge in [-0.3, -0.25) is 24.3 Å². The summed E-state index contributed by atoms with van der Waals surface area (Å²) in [6.45, 7) is -0.441. The summed E-state index contributed by atoms with van der Waals surface area (Å²) in [5, 5.41) is 5.56. The van der Waals surface area contributed by atoms with Crippen LogP contribution in [-0.4, -0.2) is 43.0 Å². The van der Waals surface area contributed by atoms with Crippen molar-refractivity contribution >= 4 is 22.6 Å². The molecule has 3 rings (SSSR count). The maximum absolute atomic E-state index is 12.7. The van der Waals surface area contributed by atoms with Crippen molar-refractivity contribution in [3.63, 3.8) is 0 Å². The van der Waals surface area contributed by atoms with Gasteiger partial charge in [0.25, 0.3) is 11.1 Å². The van der Waals surface area contributed by atoms with Crippen molar-refractivity contribution in [3.8, 4) is 11.5 Å². The fourth-order valence-electron chi connectivity index (χ4n) is 3.31. The minimum atomic E-state index is -0.766. The first-order valence-electron chi connectivity index (χ1n) is 9.68. The normalized spacial score (nSPS) is 11.6. The summed E-state index contributed by atoms with van der Waals surface area (Å²) in [4.78, 5) is 49.6. The average molecular weight is 441 g/mol. The van der Waals surface area contributed by atoms with E-state index in [0.717, 1.165) is 4.68 Å². The minimum Gasteiger partial charge on any atom is -0.493 e. The van der Waals surface area contributed by atoms with E-state index < -0.39 is 35.6 Å². The number of methoxy groups -OCH3 is 3. The molecule has 0 bridgehead atoms. The van der Waals surface area contributed by atoms with E-state index in [2.05, 4.69) is 10.4 Å². The Hall–Kier alpha value is -4.08. The topological polar surface area (TPSA) is 129 Å². The first-order valence-corrected chi connectivity index (χ1v) is 9.68. The van der Waals surface area contributed by atoms with Crippen LogP contribution in [-0.2, 0) is 20.9 Å². The van der Waals surface area contributed by atoms with Gasteiger partial charge >= 0.3 is 5.97 Å². The number of aromatic amines is 1. The lowest BCUT2D eigenvalue weighted by atomic mass is 10.0. The number of carbonyl (C=O) groups is 2. The smallest absolute Gasteiger partial charge is 0.307 e. The number of rotatable bonds is 8. The van der Waals surface area contributed by atoms with Gasteiger partial charge in [0.05, 0.1) is 44.6 Å². The van der Waals surface area contributed by atoms with Crippen molar-refractivity contribution in [1.82, 2.24) is 15.1 Å². The Labute approximate surface area is 182 Å². The summed E-state index contributed by atoms with van der Waals surface area (Å²) in [7, 11) is 4.21. The fourth-order valence-corrected chi connectivity index (χ4v) is 3.31. The number of ether oxygens (including phenoxy) is 3. The average Bonchev–Trinajstić information content (AvgIpc) is 2.81. The van der Waals surface area contributed by atoms with Crippen molar-refractivity contribution < 1.29 is 23.8 Å². The molecule has 0 saturated carbocycles. The van der Waals surface area contributed by atoms with Crippen molar-refractivity contribution in [3.05, 3.63) is 68.7 Å². The highest BCUT2D eigenvalue weighted by atomic mass is 16.5. The lowest BCUT2D eigenvalue weighted by molar-refractivity contribution is -0.141. The van der Waals surface area contributed by atoms with Gasteiger partial charge in [-0.15, -0.1) is 0 Å². The van der Waals surface area contributed by atoms with Crippen LogP contribution in [0.15, 0.2) is 52.1 Å². The summed E-state index contributed by atoms with van der Waals surface area (Å²) in [6.07, 6.45) is -0.152. The summed E-state index contributed by atoms with van der Waals surface area (Å²) in [5.41, 5.74) is -0.425. The molecule has 0 aliphatic heterocycles. The molecule has 0 radical (unpaired) electrons. The SMILES string of the molecule is COC(=O)CC(NC(=O)Cn1[nH]c(=O)c2ccccc2c1=O)c1ccc(OC)c(OC)c1. The zero-order valence-corrected chi connectivity index (χ0v) is 17.8. The molecule has 168 valence electrons. The van der Waals surface area contributed by atoms with Crippen LogP contribution in [0.2, 0.25) is 0 Å². The summed E-state index contributed by atoms with van der Waals surface area (Å²) < 4.78 is 16.2. The number of hydrogen-bond acceptors (Lipinski definition) is 7. The highest BCUT2D eigenvalue weighted by Crippen LogP contribution is 2.31. The molecule has 0 fully saturated rings. The van der Waals surface area contributed by atoms with Gasteiger partial charge in [0, 0.05) is 0 Å². The number of nitrogens with one attached hydrogen (secondary N) is 2. The number of hydrogen-bond donors (Lipinski definition) is 2. The Morgan fingerprint density at radius 1 is 1.00 bits per heavy atom. The summed E-state index contributed by atoms with van der Waals surface area (Å²) in [5.74, 6) is -0.216. The van der Waals surface area contributed by atoms with Gasteiger partial charge in [0.1, 0.15) is 6.54 Å². The number of amides is 1. The molecular weight excluding hydrogens is 418 g/mol. The van der Waals surface area contributed by atoms with E-state index in [0.29, 0.717) is 17.1 Å². The molecule has 1 unspecified atom stereocenters. The Morgan fingerprint density at radius 2 is 1.69 bits per heavy atom. The van der Waals surface area contributed by atoms with Crippen LogP contribution in [0, 0.1) is 0 Å². The van der Waals surface area contributed by atoms with Gasteiger partial charge in [0.2, 0.25) is 5.91 Å². The van der Waals surface area contributed by atoms with Gasteiger partial charge < -0.3 is 19.5 Å². The molecular formula is C22H23N3O7. The zero-order chi connectivity index (χ0) is 23.3. The number of nitrogens with zero attached hydrogens (tertiary/aromatic N) is 1. The lowest BCUT2D eigenvalue weighted by Crippen LogP contribution is -2.38. The van der Waals surface area contributed by atoms with E-state index in [-0.39, 0.29) is 17.2 Å². The maximum atomic E-state index is 12.7. The second kappa shape index (κ2) is 9.82. The predicted octanol–water partition coefficient (Wildman–Crippen LogP) is 1.13. The third kappa shape index (κ3) is 4.80. The highest BCUT2D eigenvalue weighted by Gasteiger charge is 2.21. The number of fused-ring (bicyclic) bond motifs is 1. The van der Waals surface area contributed by atoms with Gasteiger partial charge in [-0.2, -0.15) is 0 Å². The van der Waals surface area contributed by atoms with Crippen LogP contribution < -0.4 is 25.9 Å². The minimum absolute atomic E-state index is 0.152. The molecule has 0 aliphatic rings. The van der Waals surface area contributed by atoms with Gasteiger partial charge in [-0.25, -0.2) is 4.68 Å². The molecule has 32 heavy (non-hydrogen) atoms. The predicted molar refractivity (Wildman–Crippen MR) is 116 cm³/mol. The second-order valence-electron chi connectivity index (χ2n) is 6.89. The molecule has 0 aliphatic carbocycles. The van der Waals surface area contributed by atoms with Crippen LogP contribution in [0.3, 0.4) is 0 Å². The number of H-pyrrole nitrogens is 1. The molecule has 3 aromatic rings. The quantitative estimate of drug-likeness (QED) is 0.501. The standard InChI is InChI=1S/C22H23N3O7/c1-30-17-9-8-13(10-18(17)31-2)16(11-20(27)32-3)23-19(26)12-25-22(29)15-7-5-4-6-14(15)21(28)24-25/h4-10,16H,11-12H2,1-3H3,(H,23,26)(H,24,28). The van der Waals surface area contributed by atoms with Crippen molar-refractivity contribution in [2.75, 3.05) is 21.3 Å².